The number of hydrogen-bond donors (Lipinski definition) is 1. The molecule has 0 saturated heterocycles. The molecule has 5 nitrogen and oxygen atoms in total. The summed E-state index contributed by atoms with van der Waals surface area (Å²) in [5.41, 5.74) is 1.49. The highest BCUT2D eigenvalue weighted by molar-refractivity contribution is 5.97. The van der Waals surface area contributed by atoms with Crippen LogP contribution in [0, 0.1) is 0 Å². The van der Waals surface area contributed by atoms with Crippen LogP contribution >= 0.6 is 0 Å². The lowest BCUT2D eigenvalue weighted by atomic mass is 10.1. The monoisotopic (exact) mass is 372 g/mol. The summed E-state index contributed by atoms with van der Waals surface area (Å²) < 4.78 is 5.18. The molecule has 140 valence electrons. The summed E-state index contributed by atoms with van der Waals surface area (Å²) >= 11 is 0. The second-order valence-electron chi connectivity index (χ2n) is 6.79. The highest BCUT2D eigenvalue weighted by Gasteiger charge is 2.17. The summed E-state index contributed by atoms with van der Waals surface area (Å²) in [6.07, 6.45) is 1.48. The molecule has 5 heteroatoms. The molecule has 0 atom stereocenters. The van der Waals surface area contributed by atoms with Gasteiger partial charge in [-0.15, -0.1) is 0 Å². The number of carbonyl (C=O) groups excluding carboxylic acids is 1. The minimum absolute atomic E-state index is 0.126. The smallest absolute Gasteiger partial charge is 0.259 e. The van der Waals surface area contributed by atoms with Crippen molar-refractivity contribution < 1.29 is 9.53 Å². The zero-order valence-electron chi connectivity index (χ0n) is 15.7. The lowest BCUT2D eigenvalue weighted by Crippen LogP contribution is -2.30. The molecular weight excluding hydrogens is 352 g/mol. The molecule has 1 aromatic heterocycles. The van der Waals surface area contributed by atoms with Gasteiger partial charge in [0, 0.05) is 31.2 Å². The average molecular weight is 372 g/mol. The fraction of sp³-hybridized carbons (Fsp3) is 0.130. The molecule has 3 aromatic carbocycles. The highest BCUT2D eigenvalue weighted by atomic mass is 16.5. The quantitative estimate of drug-likeness (QED) is 0.590. The molecule has 0 fully saturated rings. The normalized spacial score (nSPS) is 10.9. The number of ether oxygens (including phenoxy) is 1. The van der Waals surface area contributed by atoms with Crippen molar-refractivity contribution in [2.24, 2.45) is 0 Å². The topological polar surface area (TPSA) is 62.4 Å². The third-order valence-corrected chi connectivity index (χ3v) is 4.90. The predicted octanol–water partition coefficient (Wildman–Crippen LogP) is 3.96. The van der Waals surface area contributed by atoms with Gasteiger partial charge in [-0.1, -0.05) is 36.4 Å². The molecule has 4 rings (SSSR count). The van der Waals surface area contributed by atoms with E-state index in [1.807, 2.05) is 30.3 Å². The van der Waals surface area contributed by atoms with Crippen LogP contribution in [0.15, 0.2) is 71.7 Å². The lowest BCUT2D eigenvalue weighted by molar-refractivity contribution is 0.0783. The van der Waals surface area contributed by atoms with Crippen molar-refractivity contribution in [1.29, 1.82) is 0 Å². The van der Waals surface area contributed by atoms with Crippen LogP contribution in [0.4, 0.5) is 0 Å². The van der Waals surface area contributed by atoms with E-state index in [0.717, 1.165) is 16.3 Å². The number of aromatic nitrogens is 1. The van der Waals surface area contributed by atoms with Crippen LogP contribution in [0.2, 0.25) is 0 Å². The van der Waals surface area contributed by atoms with Crippen molar-refractivity contribution in [3.05, 3.63) is 88.2 Å². The fourth-order valence-corrected chi connectivity index (χ4v) is 3.38. The van der Waals surface area contributed by atoms with Crippen molar-refractivity contribution in [2.45, 2.75) is 6.54 Å². The number of benzene rings is 3. The Morgan fingerprint density at radius 3 is 2.61 bits per heavy atom. The summed E-state index contributed by atoms with van der Waals surface area (Å²) in [6.45, 7) is 0.420. The van der Waals surface area contributed by atoms with E-state index in [2.05, 4.69) is 17.1 Å². The van der Waals surface area contributed by atoms with Gasteiger partial charge in [-0.25, -0.2) is 0 Å². The Kier molecular flexibility index (Phi) is 4.57. The predicted molar refractivity (Wildman–Crippen MR) is 111 cm³/mol. The van der Waals surface area contributed by atoms with E-state index >= 15 is 0 Å². The van der Waals surface area contributed by atoms with Gasteiger partial charge in [0.15, 0.2) is 0 Å². The first kappa shape index (κ1) is 17.8. The molecule has 0 aliphatic rings. The Balaban J connectivity index is 1.62. The number of aromatic amines is 1. The summed E-state index contributed by atoms with van der Waals surface area (Å²) in [7, 11) is 3.27. The maximum atomic E-state index is 12.9. The maximum Gasteiger partial charge on any atom is 0.259 e. The first-order chi connectivity index (χ1) is 13.6. The average Bonchev–Trinajstić information content (AvgIpc) is 2.73. The molecular formula is C23H20N2O3. The van der Waals surface area contributed by atoms with Crippen molar-refractivity contribution in [2.75, 3.05) is 14.2 Å². The van der Waals surface area contributed by atoms with Gasteiger partial charge >= 0.3 is 0 Å². The Morgan fingerprint density at radius 1 is 1.04 bits per heavy atom. The summed E-state index contributed by atoms with van der Waals surface area (Å²) in [4.78, 5) is 30.3. The number of nitrogens with one attached hydrogen (secondary N) is 1. The van der Waals surface area contributed by atoms with Crippen LogP contribution in [0.5, 0.6) is 5.75 Å². The number of amides is 1. The molecule has 0 aliphatic heterocycles. The highest BCUT2D eigenvalue weighted by Crippen LogP contribution is 2.19. The van der Waals surface area contributed by atoms with E-state index in [0.29, 0.717) is 23.2 Å². The van der Waals surface area contributed by atoms with Gasteiger partial charge in [0.1, 0.15) is 11.3 Å². The van der Waals surface area contributed by atoms with E-state index < -0.39 is 0 Å². The van der Waals surface area contributed by atoms with Crippen LogP contribution in [-0.4, -0.2) is 29.9 Å². The number of pyridine rings is 1. The molecule has 1 N–H and O–H groups in total. The molecule has 28 heavy (non-hydrogen) atoms. The number of nitrogens with zero attached hydrogens (tertiary/aromatic N) is 1. The van der Waals surface area contributed by atoms with Gasteiger partial charge in [-0.2, -0.15) is 0 Å². The lowest BCUT2D eigenvalue weighted by Gasteiger charge is -2.17. The van der Waals surface area contributed by atoms with Crippen LogP contribution in [0.3, 0.4) is 0 Å². The third kappa shape index (κ3) is 3.22. The fourth-order valence-electron chi connectivity index (χ4n) is 3.38. The van der Waals surface area contributed by atoms with Crippen molar-refractivity contribution >= 4 is 27.6 Å². The van der Waals surface area contributed by atoms with Crippen LogP contribution in [0.25, 0.3) is 21.7 Å². The Labute approximate surface area is 162 Å². The van der Waals surface area contributed by atoms with E-state index in [-0.39, 0.29) is 16.9 Å². The van der Waals surface area contributed by atoms with Gasteiger partial charge in [0.05, 0.1) is 12.6 Å². The second-order valence-corrected chi connectivity index (χ2v) is 6.79. The van der Waals surface area contributed by atoms with Gasteiger partial charge in [0.25, 0.3) is 5.91 Å². The first-order valence-corrected chi connectivity index (χ1v) is 8.99. The van der Waals surface area contributed by atoms with E-state index in [9.17, 15) is 9.59 Å². The number of carbonyl (C=O) groups is 1. The number of fused-ring (bicyclic) bond motifs is 2. The first-order valence-electron chi connectivity index (χ1n) is 8.99. The molecule has 0 bridgehead atoms. The Morgan fingerprint density at radius 2 is 1.82 bits per heavy atom. The summed E-state index contributed by atoms with van der Waals surface area (Å²) in [6, 6.07) is 19.3. The Bertz CT molecular complexity index is 1240. The maximum absolute atomic E-state index is 12.9. The SMILES string of the molecule is COc1ccc2c(=O)c(C(=O)N(C)Cc3ccc4ccccc4c3)c[nH]c2c1. The summed E-state index contributed by atoms with van der Waals surface area (Å²) in [5.74, 6) is 0.336. The van der Waals surface area contributed by atoms with Gasteiger partial charge in [-0.05, 0) is 34.5 Å². The van der Waals surface area contributed by atoms with Gasteiger partial charge < -0.3 is 14.6 Å². The zero-order chi connectivity index (χ0) is 19.7. The molecule has 0 aliphatic carbocycles. The standard InChI is InChI=1S/C23H20N2O3/c1-25(14-15-7-8-16-5-3-4-6-17(16)11-15)23(27)20-13-24-21-12-18(28-2)9-10-19(21)22(20)26/h3-13H,14H2,1-2H3,(H,24,26). The number of hydrogen-bond acceptors (Lipinski definition) is 3. The number of methoxy groups -OCH3 is 1. The van der Waals surface area contributed by atoms with Gasteiger partial charge in [0.2, 0.25) is 5.43 Å². The van der Waals surface area contributed by atoms with Crippen molar-refractivity contribution in [3.8, 4) is 5.75 Å². The van der Waals surface area contributed by atoms with Crippen molar-refractivity contribution in [3.63, 3.8) is 0 Å². The molecule has 0 radical (unpaired) electrons. The van der Waals surface area contributed by atoms with Crippen LogP contribution < -0.4 is 10.2 Å². The van der Waals surface area contributed by atoms with E-state index in [1.165, 1.54) is 6.20 Å². The number of H-pyrrole nitrogens is 1. The minimum Gasteiger partial charge on any atom is -0.497 e. The molecule has 1 amide bonds. The van der Waals surface area contributed by atoms with E-state index in [4.69, 9.17) is 4.74 Å². The van der Waals surface area contributed by atoms with Crippen LogP contribution in [0.1, 0.15) is 15.9 Å². The third-order valence-electron chi connectivity index (χ3n) is 4.90. The van der Waals surface area contributed by atoms with E-state index in [1.54, 1.807) is 37.3 Å². The largest absolute Gasteiger partial charge is 0.497 e. The van der Waals surface area contributed by atoms with Crippen LogP contribution in [-0.2, 0) is 6.54 Å². The summed E-state index contributed by atoms with van der Waals surface area (Å²) in [5, 5.41) is 2.74. The molecule has 1 heterocycles. The molecule has 0 unspecified atom stereocenters. The zero-order valence-corrected chi connectivity index (χ0v) is 15.7. The number of rotatable bonds is 4. The minimum atomic E-state index is -0.313. The molecule has 0 spiro atoms. The second kappa shape index (κ2) is 7.19. The van der Waals surface area contributed by atoms with Gasteiger partial charge in [-0.3, -0.25) is 9.59 Å². The molecule has 4 aromatic rings. The molecule has 0 saturated carbocycles. The van der Waals surface area contributed by atoms with Crippen molar-refractivity contribution in [1.82, 2.24) is 9.88 Å². The Hall–Kier alpha value is -3.60.